The molecule has 2 aliphatic heterocycles. The maximum Gasteiger partial charge on any atom is 0.131 e. The highest BCUT2D eigenvalue weighted by Crippen LogP contribution is 2.54. The van der Waals surface area contributed by atoms with Crippen LogP contribution in [0.2, 0.25) is 0 Å². The minimum absolute atomic E-state index is 0.146. The number of aliphatic imine (C=N–C) groups is 1. The molecule has 0 spiro atoms. The summed E-state index contributed by atoms with van der Waals surface area (Å²) in [7, 11) is 0. The van der Waals surface area contributed by atoms with E-state index in [1.165, 1.54) is 74.8 Å². The summed E-state index contributed by atoms with van der Waals surface area (Å²) < 4.78 is 5.12. The van der Waals surface area contributed by atoms with Gasteiger partial charge < -0.3 is 9.88 Å². The predicted octanol–water partition coefficient (Wildman–Crippen LogP) is 12.8. The molecule has 1 aliphatic carbocycles. The van der Waals surface area contributed by atoms with Gasteiger partial charge in [-0.3, -0.25) is 5.32 Å². The van der Waals surface area contributed by atoms with Crippen molar-refractivity contribution in [2.45, 2.75) is 28.4 Å². The Hall–Kier alpha value is -6.18. The van der Waals surface area contributed by atoms with Gasteiger partial charge >= 0.3 is 0 Å². The van der Waals surface area contributed by atoms with Crippen molar-refractivity contribution in [3.05, 3.63) is 204 Å². The van der Waals surface area contributed by atoms with Crippen molar-refractivity contribution in [1.29, 1.82) is 0 Å². The van der Waals surface area contributed by atoms with Crippen LogP contribution >= 0.6 is 23.1 Å². The smallest absolute Gasteiger partial charge is 0.131 e. The summed E-state index contributed by atoms with van der Waals surface area (Å²) in [6, 6.07) is 59.5. The zero-order valence-corrected chi connectivity index (χ0v) is 32.5. The summed E-state index contributed by atoms with van der Waals surface area (Å²) in [6.07, 6.45) is 6.67. The molecule has 4 heterocycles. The highest BCUT2D eigenvalue weighted by atomic mass is 32.2. The Bertz CT molecular complexity index is 3080. The second-order valence-corrected chi connectivity index (χ2v) is 17.3. The lowest BCUT2D eigenvalue weighted by Gasteiger charge is -2.32. The van der Waals surface area contributed by atoms with Gasteiger partial charge in [0.15, 0.2) is 0 Å². The SMILES string of the molecule is C1=CC2Sc3ccc(-c4cccc5c4sc4cccc(C6NC(c7ccccc7)=NC(c7ccccc7)N6)c45)cc3C2C(n2c3ccccc3c3ccccc32)=C1. The standard InChI is InChI=1S/C51H36N4S2/c1-3-14-31(15-4-1)49-52-50(32-16-5-2-6-17-32)54-51(53-49)38-22-12-26-44-46(38)37-21-11-20-34(48(37)57-44)33-28-29-43-39(30-33)47-42(25-13-27-45(47)56-43)55-40-23-9-7-18-35(40)36-19-8-10-24-41(36)55/h1-30,45,47,49,51,53H,(H,52,54). The summed E-state index contributed by atoms with van der Waals surface area (Å²) in [5.41, 5.74) is 11.3. The lowest BCUT2D eigenvalue weighted by Crippen LogP contribution is -2.45. The quantitative estimate of drug-likeness (QED) is 0.183. The van der Waals surface area contributed by atoms with Gasteiger partial charge in [-0.05, 0) is 64.2 Å². The van der Waals surface area contributed by atoms with Gasteiger partial charge in [-0.2, -0.15) is 0 Å². The molecular weight excluding hydrogens is 733 g/mol. The summed E-state index contributed by atoms with van der Waals surface area (Å²) >= 11 is 3.89. The molecule has 7 aromatic carbocycles. The number of thiophene rings is 1. The topological polar surface area (TPSA) is 41.4 Å². The summed E-state index contributed by atoms with van der Waals surface area (Å²) in [5.74, 6) is 1.13. The van der Waals surface area contributed by atoms with Crippen LogP contribution in [-0.2, 0) is 0 Å². The fourth-order valence-corrected chi connectivity index (χ4v) is 12.0. The number of para-hydroxylation sites is 2. The number of hydrogen-bond acceptors (Lipinski definition) is 5. The number of allylic oxidation sites excluding steroid dienone is 3. The number of amidine groups is 1. The highest BCUT2D eigenvalue weighted by Gasteiger charge is 2.38. The van der Waals surface area contributed by atoms with Crippen LogP contribution in [0.25, 0.3) is 58.8 Å². The second-order valence-electron chi connectivity index (χ2n) is 15.1. The largest absolute Gasteiger partial charge is 0.350 e. The predicted molar refractivity (Wildman–Crippen MR) is 241 cm³/mol. The molecule has 0 saturated carbocycles. The first kappa shape index (κ1) is 33.0. The lowest BCUT2D eigenvalue weighted by atomic mass is 9.87. The molecule has 9 aromatic rings. The average Bonchev–Trinajstić information content (AvgIpc) is 3.96. The molecule has 0 fully saturated rings. The number of nitrogens with zero attached hydrogens (tertiary/aromatic N) is 2. The molecular formula is C51H36N4S2. The third kappa shape index (κ3) is 5.29. The van der Waals surface area contributed by atoms with Gasteiger partial charge in [-0.25, -0.2) is 4.99 Å². The fraction of sp³-hybridized carbons (Fsp3) is 0.0784. The van der Waals surface area contributed by atoms with Crippen LogP contribution < -0.4 is 10.6 Å². The van der Waals surface area contributed by atoms with Gasteiger partial charge in [0.05, 0.1) is 11.0 Å². The Labute approximate surface area is 338 Å². The number of thioether (sulfide) groups is 1. The molecule has 4 nitrogen and oxygen atoms in total. The van der Waals surface area contributed by atoms with E-state index in [0.29, 0.717) is 5.25 Å². The zero-order chi connectivity index (χ0) is 37.5. The molecule has 2 aromatic heterocycles. The van der Waals surface area contributed by atoms with Gasteiger partial charge in [0.2, 0.25) is 0 Å². The van der Waals surface area contributed by atoms with E-state index in [1.54, 1.807) is 0 Å². The monoisotopic (exact) mass is 768 g/mol. The molecule has 4 atom stereocenters. The molecule has 12 rings (SSSR count). The first-order chi connectivity index (χ1) is 28.3. The van der Waals surface area contributed by atoms with E-state index in [4.69, 9.17) is 4.99 Å². The van der Waals surface area contributed by atoms with Gasteiger partial charge in [-0.15, -0.1) is 23.1 Å². The lowest BCUT2D eigenvalue weighted by molar-refractivity contribution is 0.411. The van der Waals surface area contributed by atoms with Crippen LogP contribution in [0.1, 0.15) is 40.5 Å². The van der Waals surface area contributed by atoms with E-state index in [0.717, 1.165) is 17.0 Å². The first-order valence-corrected chi connectivity index (χ1v) is 21.3. The minimum atomic E-state index is -0.187. The van der Waals surface area contributed by atoms with Crippen LogP contribution in [0.4, 0.5) is 0 Å². The van der Waals surface area contributed by atoms with Crippen molar-refractivity contribution in [3.63, 3.8) is 0 Å². The van der Waals surface area contributed by atoms with Crippen LogP contribution in [0.15, 0.2) is 192 Å². The summed E-state index contributed by atoms with van der Waals surface area (Å²) in [4.78, 5) is 6.55. The molecule has 57 heavy (non-hydrogen) atoms. The molecule has 0 bridgehead atoms. The van der Waals surface area contributed by atoms with Crippen LogP contribution in [0.3, 0.4) is 0 Å². The van der Waals surface area contributed by atoms with Gasteiger partial charge in [0.1, 0.15) is 18.2 Å². The first-order valence-electron chi connectivity index (χ1n) is 19.6. The van der Waals surface area contributed by atoms with Crippen LogP contribution in [-0.4, -0.2) is 15.7 Å². The number of nitrogens with one attached hydrogen (secondary N) is 2. The van der Waals surface area contributed by atoms with Gasteiger partial charge in [-0.1, -0.05) is 146 Å². The van der Waals surface area contributed by atoms with Crippen LogP contribution in [0, 0.1) is 0 Å². The van der Waals surface area contributed by atoms with Crippen molar-refractivity contribution >= 4 is 76.6 Å². The van der Waals surface area contributed by atoms with Crippen molar-refractivity contribution < 1.29 is 0 Å². The zero-order valence-electron chi connectivity index (χ0n) is 30.8. The number of benzene rings is 7. The normalized spacial score (nSPS) is 20.1. The highest BCUT2D eigenvalue weighted by molar-refractivity contribution is 8.00. The van der Waals surface area contributed by atoms with Crippen molar-refractivity contribution in [1.82, 2.24) is 15.2 Å². The van der Waals surface area contributed by atoms with E-state index in [2.05, 4.69) is 197 Å². The molecule has 272 valence electrons. The number of fused-ring (bicyclic) bond motifs is 9. The van der Waals surface area contributed by atoms with E-state index in [1.807, 2.05) is 23.1 Å². The number of rotatable bonds is 5. The number of hydrogen-bond donors (Lipinski definition) is 2. The molecule has 0 amide bonds. The van der Waals surface area contributed by atoms with E-state index in [-0.39, 0.29) is 18.2 Å². The summed E-state index contributed by atoms with van der Waals surface area (Å²) in [6.45, 7) is 0. The van der Waals surface area contributed by atoms with Crippen molar-refractivity contribution in [2.24, 2.45) is 4.99 Å². The summed E-state index contributed by atoms with van der Waals surface area (Å²) in [5, 5.41) is 13.2. The van der Waals surface area contributed by atoms with Gasteiger partial charge in [0.25, 0.3) is 0 Å². The average molecular weight is 769 g/mol. The third-order valence-corrected chi connectivity index (χ3v) is 14.4. The van der Waals surface area contributed by atoms with E-state index >= 15 is 0 Å². The van der Waals surface area contributed by atoms with Gasteiger partial charge in [0, 0.05) is 58.3 Å². The molecule has 0 saturated heterocycles. The Kier molecular flexibility index (Phi) is 7.65. The molecule has 0 radical (unpaired) electrons. The van der Waals surface area contributed by atoms with Crippen molar-refractivity contribution in [2.75, 3.05) is 0 Å². The Balaban J connectivity index is 0.967. The van der Waals surface area contributed by atoms with E-state index < -0.39 is 0 Å². The molecule has 3 aliphatic rings. The maximum absolute atomic E-state index is 5.18. The Morgan fingerprint density at radius 3 is 2.14 bits per heavy atom. The van der Waals surface area contributed by atoms with Crippen molar-refractivity contribution in [3.8, 4) is 11.1 Å². The molecule has 6 heteroatoms. The minimum Gasteiger partial charge on any atom is -0.350 e. The number of aromatic nitrogens is 1. The third-order valence-electron chi connectivity index (χ3n) is 11.9. The second kappa shape index (κ2) is 13.2. The van der Waals surface area contributed by atoms with Crippen LogP contribution in [0.5, 0.6) is 0 Å². The molecule has 2 N–H and O–H groups in total. The van der Waals surface area contributed by atoms with E-state index in [9.17, 15) is 0 Å². The Morgan fingerprint density at radius 2 is 1.33 bits per heavy atom. The maximum atomic E-state index is 5.18. The fourth-order valence-electron chi connectivity index (χ4n) is 9.33. The Morgan fingerprint density at radius 1 is 0.614 bits per heavy atom. The molecule has 4 unspecified atom stereocenters.